The fourth-order valence-corrected chi connectivity index (χ4v) is 2.96. The number of ether oxygens (including phenoxy) is 2. The van der Waals surface area contributed by atoms with Crippen LogP contribution in [-0.4, -0.2) is 14.2 Å². The zero-order chi connectivity index (χ0) is 14.5. The molecule has 0 unspecified atom stereocenters. The molecular weight excluding hydrogens is 270 g/mol. The molecule has 2 N–H and O–H groups in total. The van der Waals surface area contributed by atoms with E-state index in [1.54, 1.807) is 26.0 Å². The highest BCUT2D eigenvalue weighted by Crippen LogP contribution is 2.34. The second-order valence-corrected chi connectivity index (χ2v) is 5.47. The summed E-state index contributed by atoms with van der Waals surface area (Å²) in [5, 5.41) is 0. The second-order valence-electron chi connectivity index (χ2n) is 4.45. The highest BCUT2D eigenvalue weighted by atomic mass is 32.2. The molecule has 0 amide bonds. The molecule has 4 heteroatoms. The van der Waals surface area contributed by atoms with Crippen LogP contribution in [0.3, 0.4) is 0 Å². The van der Waals surface area contributed by atoms with Gasteiger partial charge in [-0.2, -0.15) is 0 Å². The van der Waals surface area contributed by atoms with Gasteiger partial charge in [0.15, 0.2) is 0 Å². The van der Waals surface area contributed by atoms with E-state index in [1.807, 2.05) is 43.3 Å². The molecule has 0 radical (unpaired) electrons. The Bertz CT molecular complexity index is 599. The predicted molar refractivity (Wildman–Crippen MR) is 84.7 cm³/mol. The summed E-state index contributed by atoms with van der Waals surface area (Å²) in [4.78, 5) is 1.09. The topological polar surface area (TPSA) is 44.5 Å². The molecule has 2 aromatic carbocycles. The van der Waals surface area contributed by atoms with Crippen LogP contribution in [0.5, 0.6) is 11.5 Å². The van der Waals surface area contributed by atoms with Gasteiger partial charge in [-0.1, -0.05) is 12.1 Å². The van der Waals surface area contributed by atoms with E-state index >= 15 is 0 Å². The van der Waals surface area contributed by atoms with Crippen LogP contribution >= 0.6 is 11.8 Å². The van der Waals surface area contributed by atoms with E-state index in [-0.39, 0.29) is 0 Å². The molecule has 0 spiro atoms. The molecule has 0 aliphatic heterocycles. The molecule has 0 saturated carbocycles. The summed E-state index contributed by atoms with van der Waals surface area (Å²) < 4.78 is 10.6. The zero-order valence-electron chi connectivity index (χ0n) is 12.0. The maximum atomic E-state index is 6.10. The average Bonchev–Trinajstić information content (AvgIpc) is 2.48. The first-order chi connectivity index (χ1) is 9.65. The van der Waals surface area contributed by atoms with Crippen molar-refractivity contribution in [1.82, 2.24) is 0 Å². The van der Waals surface area contributed by atoms with E-state index in [4.69, 9.17) is 15.2 Å². The van der Waals surface area contributed by atoms with E-state index in [0.29, 0.717) is 0 Å². The van der Waals surface area contributed by atoms with Gasteiger partial charge in [-0.3, -0.25) is 0 Å². The average molecular weight is 289 g/mol. The lowest BCUT2D eigenvalue weighted by Crippen LogP contribution is -1.94. The number of rotatable bonds is 5. The molecule has 0 aromatic heterocycles. The molecule has 0 bridgehead atoms. The van der Waals surface area contributed by atoms with Gasteiger partial charge in [0.25, 0.3) is 0 Å². The molecule has 0 fully saturated rings. The van der Waals surface area contributed by atoms with Crippen LogP contribution in [0.15, 0.2) is 41.3 Å². The highest BCUT2D eigenvalue weighted by molar-refractivity contribution is 7.98. The summed E-state index contributed by atoms with van der Waals surface area (Å²) in [6, 6.07) is 11.9. The van der Waals surface area contributed by atoms with E-state index in [9.17, 15) is 0 Å². The van der Waals surface area contributed by atoms with Crippen molar-refractivity contribution in [2.24, 2.45) is 0 Å². The van der Waals surface area contributed by atoms with Crippen LogP contribution in [0.25, 0.3) is 0 Å². The van der Waals surface area contributed by atoms with Crippen LogP contribution in [0, 0.1) is 6.92 Å². The monoisotopic (exact) mass is 289 g/mol. The van der Waals surface area contributed by atoms with Crippen molar-refractivity contribution in [1.29, 1.82) is 0 Å². The molecule has 20 heavy (non-hydrogen) atoms. The van der Waals surface area contributed by atoms with Crippen LogP contribution in [-0.2, 0) is 5.75 Å². The zero-order valence-corrected chi connectivity index (χ0v) is 12.8. The number of nitrogen functional groups attached to an aromatic ring is 1. The molecule has 3 nitrogen and oxygen atoms in total. The minimum Gasteiger partial charge on any atom is -0.497 e. The first kappa shape index (κ1) is 14.6. The highest BCUT2D eigenvalue weighted by Gasteiger charge is 2.08. The Kier molecular flexibility index (Phi) is 4.79. The van der Waals surface area contributed by atoms with E-state index < -0.39 is 0 Å². The normalized spacial score (nSPS) is 10.3. The Morgan fingerprint density at radius 1 is 1.10 bits per heavy atom. The third kappa shape index (κ3) is 3.20. The van der Waals surface area contributed by atoms with Gasteiger partial charge >= 0.3 is 0 Å². The van der Waals surface area contributed by atoms with Gasteiger partial charge in [0.2, 0.25) is 0 Å². The lowest BCUT2D eigenvalue weighted by Gasteiger charge is -2.12. The molecule has 0 atom stereocenters. The number of para-hydroxylation sites is 1. The van der Waals surface area contributed by atoms with Crippen molar-refractivity contribution in [2.45, 2.75) is 17.6 Å². The Labute approximate surface area is 124 Å². The van der Waals surface area contributed by atoms with Crippen molar-refractivity contribution >= 4 is 17.4 Å². The van der Waals surface area contributed by atoms with Crippen molar-refractivity contribution in [3.8, 4) is 11.5 Å². The van der Waals surface area contributed by atoms with E-state index in [2.05, 4.69) is 0 Å². The van der Waals surface area contributed by atoms with Crippen molar-refractivity contribution in [3.05, 3.63) is 47.5 Å². The summed E-state index contributed by atoms with van der Waals surface area (Å²) >= 11 is 1.70. The minimum atomic E-state index is 0.786. The van der Waals surface area contributed by atoms with Crippen molar-refractivity contribution in [3.63, 3.8) is 0 Å². The smallest absolute Gasteiger partial charge is 0.123 e. The first-order valence-corrected chi connectivity index (χ1v) is 7.33. The Hall–Kier alpha value is -1.81. The van der Waals surface area contributed by atoms with E-state index in [0.717, 1.165) is 39.0 Å². The molecule has 106 valence electrons. The van der Waals surface area contributed by atoms with Crippen LogP contribution < -0.4 is 15.2 Å². The van der Waals surface area contributed by atoms with Crippen molar-refractivity contribution in [2.75, 3.05) is 20.0 Å². The third-order valence-electron chi connectivity index (χ3n) is 3.15. The van der Waals surface area contributed by atoms with E-state index in [1.165, 1.54) is 0 Å². The van der Waals surface area contributed by atoms with Gasteiger partial charge in [0.05, 0.1) is 14.2 Å². The molecule has 0 saturated heterocycles. The molecule has 0 heterocycles. The standard InChI is InChI=1S/C16H19NO2S/c1-11-5-4-6-15(16(11)17)20-10-12-9-13(18-2)7-8-14(12)19-3/h4-9H,10,17H2,1-3H3. The fraction of sp³-hybridized carbons (Fsp3) is 0.250. The molecule has 0 aliphatic rings. The van der Waals surface area contributed by atoms with Gasteiger partial charge in [-0.25, -0.2) is 0 Å². The number of methoxy groups -OCH3 is 2. The SMILES string of the molecule is COc1ccc(OC)c(CSc2cccc(C)c2N)c1. The number of nitrogens with two attached hydrogens (primary N) is 1. The summed E-state index contributed by atoms with van der Waals surface area (Å²) in [5.41, 5.74) is 9.14. The maximum absolute atomic E-state index is 6.10. The molecule has 2 rings (SSSR count). The predicted octanol–water partition coefficient (Wildman–Crippen LogP) is 3.89. The third-order valence-corrected chi connectivity index (χ3v) is 4.28. The van der Waals surface area contributed by atoms with Gasteiger partial charge in [-0.15, -0.1) is 11.8 Å². The van der Waals surface area contributed by atoms with Crippen molar-refractivity contribution < 1.29 is 9.47 Å². The Morgan fingerprint density at radius 3 is 2.60 bits per heavy atom. The summed E-state index contributed by atoms with van der Waals surface area (Å²) in [5.74, 6) is 2.48. The van der Waals surface area contributed by atoms with Gasteiger partial charge in [0.1, 0.15) is 11.5 Å². The molecular formula is C16H19NO2S. The van der Waals surface area contributed by atoms with Crippen LogP contribution in [0.2, 0.25) is 0 Å². The lowest BCUT2D eigenvalue weighted by atomic mass is 10.2. The van der Waals surface area contributed by atoms with Gasteiger partial charge in [0, 0.05) is 21.9 Å². The summed E-state index contributed by atoms with van der Waals surface area (Å²) in [6.45, 7) is 2.02. The second kappa shape index (κ2) is 6.57. The molecule has 2 aromatic rings. The van der Waals surface area contributed by atoms with Crippen LogP contribution in [0.1, 0.15) is 11.1 Å². The number of hydrogen-bond acceptors (Lipinski definition) is 4. The summed E-state index contributed by atoms with van der Waals surface area (Å²) in [6.07, 6.45) is 0. The Morgan fingerprint density at radius 2 is 1.90 bits per heavy atom. The number of thioether (sulfide) groups is 1. The molecule has 0 aliphatic carbocycles. The number of aryl methyl sites for hydroxylation is 1. The quantitative estimate of drug-likeness (QED) is 0.670. The maximum Gasteiger partial charge on any atom is 0.123 e. The number of benzene rings is 2. The number of anilines is 1. The summed E-state index contributed by atoms with van der Waals surface area (Å²) in [7, 11) is 3.34. The van der Waals surface area contributed by atoms with Gasteiger partial charge < -0.3 is 15.2 Å². The number of hydrogen-bond donors (Lipinski definition) is 1. The lowest BCUT2D eigenvalue weighted by molar-refractivity contribution is 0.400. The fourth-order valence-electron chi connectivity index (χ4n) is 1.93. The van der Waals surface area contributed by atoms with Gasteiger partial charge in [-0.05, 0) is 36.8 Å². The van der Waals surface area contributed by atoms with Crippen LogP contribution in [0.4, 0.5) is 5.69 Å². The largest absolute Gasteiger partial charge is 0.497 e. The Balaban J connectivity index is 2.19. The minimum absolute atomic E-state index is 0.786. The first-order valence-electron chi connectivity index (χ1n) is 6.34.